The average Bonchev–Trinajstić information content (AvgIpc) is 2.48. The number of hydrogen-bond donors (Lipinski definition) is 0. The van der Waals surface area contributed by atoms with Crippen LogP contribution in [-0.4, -0.2) is 31.2 Å². The van der Waals surface area contributed by atoms with E-state index in [9.17, 15) is 4.39 Å². The largest absolute Gasteiger partial charge is 0.368 e. The van der Waals surface area contributed by atoms with Gasteiger partial charge in [0.2, 0.25) is 0 Å². The molecule has 0 bridgehead atoms. The Morgan fingerprint density at radius 1 is 1.05 bits per heavy atom. The van der Waals surface area contributed by atoms with E-state index in [1.54, 1.807) is 6.20 Å². The van der Waals surface area contributed by atoms with Crippen molar-refractivity contribution in [3.05, 3.63) is 51.8 Å². The maximum absolute atomic E-state index is 13.0. The van der Waals surface area contributed by atoms with E-state index in [0.29, 0.717) is 5.02 Å². The molecule has 0 N–H and O–H groups in total. The number of aromatic nitrogens is 1. The van der Waals surface area contributed by atoms with Gasteiger partial charge >= 0.3 is 0 Å². The highest BCUT2D eigenvalue weighted by atomic mass is 79.9. The molecule has 1 saturated heterocycles. The van der Waals surface area contributed by atoms with Crippen molar-refractivity contribution >= 4 is 39.0 Å². The Hall–Kier alpha value is -1.33. The van der Waals surface area contributed by atoms with Crippen LogP contribution in [-0.2, 0) is 0 Å². The molecule has 1 aromatic heterocycles. The monoisotopic (exact) mass is 369 g/mol. The van der Waals surface area contributed by atoms with E-state index >= 15 is 0 Å². The highest BCUT2D eigenvalue weighted by Crippen LogP contribution is 2.27. The first-order valence-electron chi connectivity index (χ1n) is 6.70. The fourth-order valence-electron chi connectivity index (χ4n) is 2.47. The fourth-order valence-corrected chi connectivity index (χ4v) is 3.22. The third kappa shape index (κ3) is 3.30. The van der Waals surface area contributed by atoms with Crippen LogP contribution < -0.4 is 9.80 Å². The number of pyridine rings is 1. The molecule has 1 aliphatic rings. The van der Waals surface area contributed by atoms with E-state index in [-0.39, 0.29) is 5.82 Å². The van der Waals surface area contributed by atoms with Gasteiger partial charge in [0.05, 0.1) is 5.02 Å². The predicted octanol–water partition coefficient (Wildman–Crippen LogP) is 3.96. The first-order chi connectivity index (χ1) is 10.1. The molecule has 0 radical (unpaired) electrons. The standard InChI is InChI=1S/C15H14BrClFN3/c16-11-9-14(17)15(19-10-11)21-7-5-20(6-8-21)13-3-1-12(18)2-4-13/h1-4,9-10H,5-8H2. The molecule has 0 atom stereocenters. The molecule has 1 aliphatic heterocycles. The lowest BCUT2D eigenvalue weighted by Crippen LogP contribution is -2.46. The minimum atomic E-state index is -0.205. The summed E-state index contributed by atoms with van der Waals surface area (Å²) in [6.07, 6.45) is 1.76. The van der Waals surface area contributed by atoms with Gasteiger partial charge in [0.1, 0.15) is 11.6 Å². The molecule has 0 spiro atoms. The van der Waals surface area contributed by atoms with Crippen LogP contribution in [0.4, 0.5) is 15.9 Å². The Morgan fingerprint density at radius 3 is 2.29 bits per heavy atom. The average molecular weight is 371 g/mol. The summed E-state index contributed by atoms with van der Waals surface area (Å²) in [6, 6.07) is 8.48. The molecular weight excluding hydrogens is 357 g/mol. The van der Waals surface area contributed by atoms with Crippen LogP contribution in [0.15, 0.2) is 41.0 Å². The smallest absolute Gasteiger partial charge is 0.147 e. The van der Waals surface area contributed by atoms with Gasteiger partial charge in [-0.1, -0.05) is 11.6 Å². The van der Waals surface area contributed by atoms with Crippen LogP contribution in [0.1, 0.15) is 0 Å². The SMILES string of the molecule is Fc1ccc(N2CCN(c3ncc(Br)cc3Cl)CC2)cc1. The molecule has 1 fully saturated rings. The summed E-state index contributed by atoms with van der Waals surface area (Å²) in [5.74, 6) is 0.613. The number of nitrogens with zero attached hydrogens (tertiary/aromatic N) is 3. The van der Waals surface area contributed by atoms with Gasteiger partial charge < -0.3 is 9.80 Å². The molecule has 0 saturated carbocycles. The normalized spacial score (nSPS) is 15.4. The van der Waals surface area contributed by atoms with Crippen LogP contribution in [0.2, 0.25) is 5.02 Å². The topological polar surface area (TPSA) is 19.4 Å². The number of hydrogen-bond acceptors (Lipinski definition) is 3. The highest BCUT2D eigenvalue weighted by Gasteiger charge is 2.20. The van der Waals surface area contributed by atoms with Crippen molar-refractivity contribution in [1.82, 2.24) is 4.98 Å². The van der Waals surface area contributed by atoms with Crippen LogP contribution in [0.5, 0.6) is 0 Å². The Bertz CT molecular complexity index is 627. The molecular formula is C15H14BrClFN3. The third-order valence-corrected chi connectivity index (χ3v) is 4.27. The van der Waals surface area contributed by atoms with Crippen LogP contribution >= 0.6 is 27.5 Å². The zero-order chi connectivity index (χ0) is 14.8. The minimum Gasteiger partial charge on any atom is -0.368 e. The number of benzene rings is 1. The molecule has 3 nitrogen and oxygen atoms in total. The van der Waals surface area contributed by atoms with E-state index < -0.39 is 0 Å². The molecule has 1 aromatic carbocycles. The minimum absolute atomic E-state index is 0.205. The summed E-state index contributed by atoms with van der Waals surface area (Å²) in [6.45, 7) is 3.40. The van der Waals surface area contributed by atoms with Gasteiger partial charge in [-0.15, -0.1) is 0 Å². The summed E-state index contributed by atoms with van der Waals surface area (Å²) in [5, 5.41) is 0.652. The summed E-state index contributed by atoms with van der Waals surface area (Å²) in [4.78, 5) is 8.80. The maximum Gasteiger partial charge on any atom is 0.147 e. The van der Waals surface area contributed by atoms with Crippen molar-refractivity contribution in [2.24, 2.45) is 0 Å². The second-order valence-electron chi connectivity index (χ2n) is 4.91. The number of rotatable bonds is 2. The first-order valence-corrected chi connectivity index (χ1v) is 7.87. The van der Waals surface area contributed by atoms with Crippen molar-refractivity contribution in [2.75, 3.05) is 36.0 Å². The van der Waals surface area contributed by atoms with Crippen molar-refractivity contribution in [3.63, 3.8) is 0 Å². The Labute approximate surface area is 136 Å². The molecule has 2 heterocycles. The second kappa shape index (κ2) is 6.20. The van der Waals surface area contributed by atoms with Crippen molar-refractivity contribution < 1.29 is 4.39 Å². The third-order valence-electron chi connectivity index (χ3n) is 3.56. The van der Waals surface area contributed by atoms with Crippen molar-refractivity contribution in [1.29, 1.82) is 0 Å². The molecule has 21 heavy (non-hydrogen) atoms. The number of piperazine rings is 1. The molecule has 0 amide bonds. The second-order valence-corrected chi connectivity index (χ2v) is 6.23. The van der Waals surface area contributed by atoms with Crippen LogP contribution in [0, 0.1) is 5.82 Å². The van der Waals surface area contributed by atoms with Gasteiger partial charge in [0.25, 0.3) is 0 Å². The number of anilines is 2. The zero-order valence-electron chi connectivity index (χ0n) is 11.3. The van der Waals surface area contributed by atoms with E-state index in [2.05, 4.69) is 30.7 Å². The molecule has 110 valence electrons. The molecule has 6 heteroatoms. The number of halogens is 3. The van der Waals surface area contributed by atoms with E-state index in [1.165, 1.54) is 12.1 Å². The van der Waals surface area contributed by atoms with Gasteiger partial charge in [-0.05, 0) is 46.3 Å². The quantitative estimate of drug-likeness (QED) is 0.797. The molecule has 0 unspecified atom stereocenters. The first kappa shape index (κ1) is 14.6. The predicted molar refractivity (Wildman–Crippen MR) is 87.8 cm³/mol. The van der Waals surface area contributed by atoms with Gasteiger partial charge in [-0.3, -0.25) is 0 Å². The lowest BCUT2D eigenvalue weighted by atomic mass is 10.2. The summed E-state index contributed by atoms with van der Waals surface area (Å²) in [7, 11) is 0. The van der Waals surface area contributed by atoms with Crippen LogP contribution in [0.3, 0.4) is 0 Å². The van der Waals surface area contributed by atoms with Gasteiger partial charge in [-0.2, -0.15) is 0 Å². The molecule has 2 aromatic rings. The van der Waals surface area contributed by atoms with E-state index in [4.69, 9.17) is 11.6 Å². The lowest BCUT2D eigenvalue weighted by molar-refractivity contribution is 0.624. The summed E-state index contributed by atoms with van der Waals surface area (Å²) in [5.41, 5.74) is 1.05. The van der Waals surface area contributed by atoms with Gasteiger partial charge in [-0.25, -0.2) is 9.37 Å². The molecule has 3 rings (SSSR count). The Balaban J connectivity index is 1.68. The molecule has 0 aliphatic carbocycles. The van der Waals surface area contributed by atoms with Gasteiger partial charge in [0, 0.05) is 42.5 Å². The van der Waals surface area contributed by atoms with Crippen molar-refractivity contribution in [2.45, 2.75) is 0 Å². The maximum atomic E-state index is 13.0. The van der Waals surface area contributed by atoms with Crippen molar-refractivity contribution in [3.8, 4) is 0 Å². The van der Waals surface area contributed by atoms with Gasteiger partial charge in [0.15, 0.2) is 0 Å². The Kier molecular flexibility index (Phi) is 4.31. The van der Waals surface area contributed by atoms with E-state index in [1.807, 2.05) is 18.2 Å². The summed E-state index contributed by atoms with van der Waals surface area (Å²) < 4.78 is 13.8. The zero-order valence-corrected chi connectivity index (χ0v) is 13.6. The fraction of sp³-hybridized carbons (Fsp3) is 0.267. The lowest BCUT2D eigenvalue weighted by Gasteiger charge is -2.37. The van der Waals surface area contributed by atoms with E-state index in [0.717, 1.165) is 42.2 Å². The Morgan fingerprint density at radius 2 is 1.67 bits per heavy atom. The highest BCUT2D eigenvalue weighted by molar-refractivity contribution is 9.10. The van der Waals surface area contributed by atoms with Crippen LogP contribution in [0.25, 0.3) is 0 Å². The summed E-state index contributed by atoms with van der Waals surface area (Å²) >= 11 is 9.61.